The van der Waals surface area contributed by atoms with Crippen LogP contribution in [-0.4, -0.2) is 10.8 Å². The van der Waals surface area contributed by atoms with Crippen LogP contribution in [0.2, 0.25) is 0 Å². The van der Waals surface area contributed by atoms with Gasteiger partial charge in [0.1, 0.15) is 17.1 Å². The summed E-state index contributed by atoms with van der Waals surface area (Å²) in [5, 5.41) is 10.9. The van der Waals surface area contributed by atoms with Crippen molar-refractivity contribution in [3.63, 3.8) is 0 Å². The molecule has 0 fully saturated rings. The van der Waals surface area contributed by atoms with Crippen molar-refractivity contribution < 1.29 is 23.2 Å². The van der Waals surface area contributed by atoms with E-state index in [0.29, 0.717) is 6.07 Å². The molecule has 0 bridgehead atoms. The van der Waals surface area contributed by atoms with Crippen molar-refractivity contribution in [3.8, 4) is 11.5 Å². The van der Waals surface area contributed by atoms with E-state index in [9.17, 15) is 23.7 Å². The lowest BCUT2D eigenvalue weighted by Gasteiger charge is -2.10. The highest BCUT2D eigenvalue weighted by atomic mass is 79.9. The Labute approximate surface area is 130 Å². The smallest absolute Gasteiger partial charge is 0.283 e. The van der Waals surface area contributed by atoms with Crippen molar-refractivity contribution in [2.24, 2.45) is 5.73 Å². The average Bonchev–Trinajstić information content (AvgIpc) is 2.42. The Morgan fingerprint density at radius 3 is 2.45 bits per heavy atom. The topological polar surface area (TPSA) is 95.5 Å². The van der Waals surface area contributed by atoms with Gasteiger partial charge in [-0.3, -0.25) is 14.9 Å². The molecule has 0 atom stereocenters. The number of amides is 1. The molecule has 0 spiro atoms. The van der Waals surface area contributed by atoms with Crippen LogP contribution < -0.4 is 10.5 Å². The maximum atomic E-state index is 13.6. The fourth-order valence-electron chi connectivity index (χ4n) is 1.65. The number of nitrogens with zero attached hydrogens (tertiary/aromatic N) is 1. The van der Waals surface area contributed by atoms with Crippen molar-refractivity contribution in [3.05, 3.63) is 62.1 Å². The van der Waals surface area contributed by atoms with Crippen molar-refractivity contribution >= 4 is 27.5 Å². The van der Waals surface area contributed by atoms with E-state index >= 15 is 0 Å². The number of halogens is 3. The number of nitro benzene ring substituents is 1. The normalized spacial score (nSPS) is 10.3. The van der Waals surface area contributed by atoms with Gasteiger partial charge in [0.25, 0.3) is 11.6 Å². The molecule has 2 N–H and O–H groups in total. The molecule has 114 valence electrons. The first-order valence-electron chi connectivity index (χ1n) is 5.70. The number of benzene rings is 2. The van der Waals surface area contributed by atoms with E-state index in [2.05, 4.69) is 15.9 Å². The molecule has 2 aromatic rings. The highest BCUT2D eigenvalue weighted by Crippen LogP contribution is 2.36. The zero-order valence-corrected chi connectivity index (χ0v) is 12.3. The van der Waals surface area contributed by atoms with Crippen molar-refractivity contribution in [1.82, 2.24) is 0 Å². The number of ether oxygens (including phenoxy) is 1. The number of nitro groups is 1. The summed E-state index contributed by atoms with van der Waals surface area (Å²) in [5.74, 6) is -3.18. The molecule has 0 aliphatic rings. The van der Waals surface area contributed by atoms with Crippen LogP contribution in [0.3, 0.4) is 0 Å². The number of nitrogens with two attached hydrogens (primary N) is 1. The largest absolute Gasteiger partial charge is 0.453 e. The molecule has 0 saturated heterocycles. The Morgan fingerprint density at radius 1 is 1.23 bits per heavy atom. The second-order valence-corrected chi connectivity index (χ2v) is 4.95. The third kappa shape index (κ3) is 3.19. The van der Waals surface area contributed by atoms with E-state index in [1.54, 1.807) is 0 Å². The molecule has 2 aromatic carbocycles. The Balaban J connectivity index is 2.49. The standard InChI is InChI=1S/C13H7BrF2N2O4/c14-8-5-10(18(20)21)7(13(17)19)4-12(8)22-11-2-1-6(15)3-9(11)16/h1-5H,(H2,17,19). The van der Waals surface area contributed by atoms with Gasteiger partial charge >= 0.3 is 0 Å². The molecular formula is C13H7BrF2N2O4. The van der Waals surface area contributed by atoms with E-state index in [4.69, 9.17) is 10.5 Å². The first-order valence-corrected chi connectivity index (χ1v) is 6.49. The summed E-state index contributed by atoms with van der Waals surface area (Å²) in [7, 11) is 0. The number of carbonyl (C=O) groups is 1. The van der Waals surface area contributed by atoms with E-state index in [1.165, 1.54) is 0 Å². The van der Waals surface area contributed by atoms with E-state index < -0.39 is 33.7 Å². The predicted octanol–water partition coefficient (Wildman–Crippen LogP) is 3.53. The quantitative estimate of drug-likeness (QED) is 0.655. The minimum Gasteiger partial charge on any atom is -0.453 e. The Kier molecular flexibility index (Phi) is 4.36. The number of hydrogen-bond donors (Lipinski definition) is 1. The second kappa shape index (κ2) is 6.06. The van der Waals surface area contributed by atoms with Gasteiger partial charge in [0.05, 0.1) is 9.40 Å². The summed E-state index contributed by atoms with van der Waals surface area (Å²) in [6, 6.07) is 4.66. The maximum Gasteiger partial charge on any atom is 0.283 e. The van der Waals surface area contributed by atoms with Crippen LogP contribution in [-0.2, 0) is 0 Å². The van der Waals surface area contributed by atoms with Gasteiger partial charge in [0, 0.05) is 18.2 Å². The fraction of sp³-hybridized carbons (Fsp3) is 0. The van der Waals surface area contributed by atoms with Crippen molar-refractivity contribution in [2.45, 2.75) is 0 Å². The first-order chi connectivity index (χ1) is 10.3. The monoisotopic (exact) mass is 372 g/mol. The summed E-state index contributed by atoms with van der Waals surface area (Å²) < 4.78 is 31.7. The zero-order chi connectivity index (χ0) is 16.4. The number of hydrogen-bond acceptors (Lipinski definition) is 4. The van der Waals surface area contributed by atoms with Gasteiger partial charge in [-0.05, 0) is 28.1 Å². The molecule has 0 aliphatic carbocycles. The second-order valence-electron chi connectivity index (χ2n) is 4.10. The lowest BCUT2D eigenvalue weighted by atomic mass is 10.1. The Bertz CT molecular complexity index is 783. The first kappa shape index (κ1) is 15.8. The van der Waals surface area contributed by atoms with Crippen LogP contribution in [0.15, 0.2) is 34.8 Å². The van der Waals surface area contributed by atoms with Crippen LogP contribution in [0.1, 0.15) is 10.4 Å². The summed E-state index contributed by atoms with van der Waals surface area (Å²) in [4.78, 5) is 21.4. The summed E-state index contributed by atoms with van der Waals surface area (Å²) in [6.45, 7) is 0. The van der Waals surface area contributed by atoms with Gasteiger partial charge in [-0.25, -0.2) is 8.78 Å². The number of carbonyl (C=O) groups excluding carboxylic acids is 1. The Hall–Kier alpha value is -2.55. The minimum absolute atomic E-state index is 0.0788. The van der Waals surface area contributed by atoms with Crippen LogP contribution in [0.25, 0.3) is 0 Å². The van der Waals surface area contributed by atoms with Gasteiger partial charge < -0.3 is 10.5 Å². The van der Waals surface area contributed by atoms with Gasteiger partial charge in [-0.15, -0.1) is 0 Å². The SMILES string of the molecule is NC(=O)c1cc(Oc2ccc(F)cc2F)c(Br)cc1[N+](=O)[O-]. The summed E-state index contributed by atoms with van der Waals surface area (Å²) in [6.07, 6.45) is 0. The molecule has 22 heavy (non-hydrogen) atoms. The van der Waals surface area contributed by atoms with E-state index in [-0.39, 0.29) is 16.0 Å². The average molecular weight is 373 g/mol. The molecule has 0 heterocycles. The Morgan fingerprint density at radius 2 is 1.91 bits per heavy atom. The third-order valence-electron chi connectivity index (χ3n) is 2.63. The molecule has 9 heteroatoms. The van der Waals surface area contributed by atoms with Crippen LogP contribution in [0.5, 0.6) is 11.5 Å². The maximum absolute atomic E-state index is 13.6. The fourth-order valence-corrected chi connectivity index (χ4v) is 2.06. The summed E-state index contributed by atoms with van der Waals surface area (Å²) >= 11 is 3.02. The number of primary amides is 1. The van der Waals surface area contributed by atoms with Crippen LogP contribution in [0.4, 0.5) is 14.5 Å². The molecule has 0 aromatic heterocycles. The lowest BCUT2D eigenvalue weighted by molar-refractivity contribution is -0.385. The molecule has 1 amide bonds. The van der Waals surface area contributed by atoms with Gasteiger partial charge in [-0.1, -0.05) is 0 Å². The molecular weight excluding hydrogens is 366 g/mol. The lowest BCUT2D eigenvalue weighted by Crippen LogP contribution is -2.13. The summed E-state index contributed by atoms with van der Waals surface area (Å²) in [5.41, 5.74) is 4.16. The molecule has 2 rings (SSSR count). The van der Waals surface area contributed by atoms with Crippen LogP contribution >= 0.6 is 15.9 Å². The van der Waals surface area contributed by atoms with Crippen molar-refractivity contribution in [2.75, 3.05) is 0 Å². The molecule has 0 aliphatic heterocycles. The molecule has 0 radical (unpaired) electrons. The molecule has 0 unspecified atom stereocenters. The highest BCUT2D eigenvalue weighted by molar-refractivity contribution is 9.10. The molecule has 0 saturated carbocycles. The van der Waals surface area contributed by atoms with Gasteiger partial charge in [0.15, 0.2) is 11.6 Å². The number of rotatable bonds is 4. The van der Waals surface area contributed by atoms with Gasteiger partial charge in [0.2, 0.25) is 0 Å². The van der Waals surface area contributed by atoms with E-state index in [0.717, 1.165) is 24.3 Å². The minimum atomic E-state index is -1.04. The van der Waals surface area contributed by atoms with Gasteiger partial charge in [-0.2, -0.15) is 0 Å². The predicted molar refractivity (Wildman–Crippen MR) is 75.7 cm³/mol. The van der Waals surface area contributed by atoms with Crippen LogP contribution in [0, 0.1) is 21.7 Å². The van der Waals surface area contributed by atoms with E-state index in [1.807, 2.05) is 0 Å². The molecule has 6 nitrogen and oxygen atoms in total. The third-order valence-corrected chi connectivity index (χ3v) is 3.25. The highest BCUT2D eigenvalue weighted by Gasteiger charge is 2.22. The van der Waals surface area contributed by atoms with Crippen molar-refractivity contribution in [1.29, 1.82) is 0 Å². The zero-order valence-electron chi connectivity index (χ0n) is 10.7.